The summed E-state index contributed by atoms with van der Waals surface area (Å²) >= 11 is 0. The second-order valence-corrected chi connectivity index (χ2v) is 4.43. The van der Waals surface area contributed by atoms with Crippen LogP contribution in [0.2, 0.25) is 0 Å². The van der Waals surface area contributed by atoms with Gasteiger partial charge < -0.3 is 15.5 Å². The van der Waals surface area contributed by atoms with Gasteiger partial charge in [-0.1, -0.05) is 0 Å². The molecule has 4 nitrogen and oxygen atoms in total. The van der Waals surface area contributed by atoms with Gasteiger partial charge in [0.25, 0.3) is 0 Å². The lowest BCUT2D eigenvalue weighted by molar-refractivity contribution is 0.300. The molecule has 2 N–H and O–H groups in total. The first kappa shape index (κ1) is 11.3. The van der Waals surface area contributed by atoms with Gasteiger partial charge in [-0.3, -0.25) is 4.99 Å². The summed E-state index contributed by atoms with van der Waals surface area (Å²) in [6.45, 7) is 6.14. The molecule has 0 saturated carbocycles. The highest BCUT2D eigenvalue weighted by atomic mass is 15.3. The van der Waals surface area contributed by atoms with Crippen LogP contribution in [0.3, 0.4) is 0 Å². The minimum atomic E-state index is 0.286. The van der Waals surface area contributed by atoms with Crippen LogP contribution >= 0.6 is 0 Å². The molecule has 4 heteroatoms. The van der Waals surface area contributed by atoms with Crippen LogP contribution in [0, 0.1) is 0 Å². The van der Waals surface area contributed by atoms with Crippen molar-refractivity contribution >= 4 is 5.96 Å². The zero-order valence-corrected chi connectivity index (χ0v) is 9.70. The van der Waals surface area contributed by atoms with Crippen LogP contribution in [0.5, 0.6) is 0 Å². The van der Waals surface area contributed by atoms with Crippen LogP contribution in [-0.4, -0.2) is 55.0 Å². The van der Waals surface area contributed by atoms with E-state index in [9.17, 15) is 0 Å². The third kappa shape index (κ3) is 2.87. The summed E-state index contributed by atoms with van der Waals surface area (Å²) in [5.41, 5.74) is 5.90. The zero-order valence-electron chi connectivity index (χ0n) is 9.70. The maximum atomic E-state index is 5.90. The quantitative estimate of drug-likeness (QED) is 0.514. The van der Waals surface area contributed by atoms with Crippen LogP contribution < -0.4 is 5.73 Å². The molecule has 0 amide bonds. The van der Waals surface area contributed by atoms with Crippen LogP contribution in [0.25, 0.3) is 0 Å². The van der Waals surface area contributed by atoms with E-state index in [0.29, 0.717) is 12.0 Å². The van der Waals surface area contributed by atoms with Crippen molar-refractivity contribution in [3.8, 4) is 0 Å². The molecule has 1 rings (SSSR count). The number of aliphatic imine (C=N–C) groups is 1. The van der Waals surface area contributed by atoms with Crippen LogP contribution in [0.4, 0.5) is 0 Å². The zero-order chi connectivity index (χ0) is 10.7. The number of likely N-dealkylation sites (tertiary alicyclic amines) is 1. The summed E-state index contributed by atoms with van der Waals surface area (Å²) in [7, 11) is 4.23. The fourth-order valence-electron chi connectivity index (χ4n) is 1.72. The molecule has 1 aliphatic heterocycles. The summed E-state index contributed by atoms with van der Waals surface area (Å²) < 4.78 is 0. The van der Waals surface area contributed by atoms with E-state index in [1.807, 2.05) is 13.8 Å². The average molecular weight is 198 g/mol. The molecule has 1 saturated heterocycles. The Morgan fingerprint density at radius 1 is 1.50 bits per heavy atom. The molecule has 0 aliphatic carbocycles. The molecular formula is C10H22N4. The number of hydrogen-bond acceptors (Lipinski definition) is 2. The van der Waals surface area contributed by atoms with E-state index < -0.39 is 0 Å². The van der Waals surface area contributed by atoms with Gasteiger partial charge in [0.2, 0.25) is 0 Å². The van der Waals surface area contributed by atoms with Gasteiger partial charge in [0, 0.05) is 25.2 Å². The van der Waals surface area contributed by atoms with Gasteiger partial charge in [0.05, 0.1) is 0 Å². The molecule has 0 aromatic heterocycles. The van der Waals surface area contributed by atoms with Crippen molar-refractivity contribution in [2.24, 2.45) is 10.7 Å². The Kier molecular flexibility index (Phi) is 3.75. The Bertz CT molecular complexity index is 210. The minimum Gasteiger partial charge on any atom is -0.370 e. The van der Waals surface area contributed by atoms with Gasteiger partial charge in [-0.05, 0) is 34.4 Å². The largest absolute Gasteiger partial charge is 0.370 e. The minimum absolute atomic E-state index is 0.286. The van der Waals surface area contributed by atoms with Crippen molar-refractivity contribution < 1.29 is 0 Å². The van der Waals surface area contributed by atoms with E-state index in [0.717, 1.165) is 13.1 Å². The lowest BCUT2D eigenvalue weighted by atomic mass is 10.2. The normalized spacial score (nSPS) is 24.0. The molecule has 82 valence electrons. The molecular weight excluding hydrogens is 176 g/mol. The van der Waals surface area contributed by atoms with Crippen molar-refractivity contribution in [2.75, 3.05) is 27.2 Å². The van der Waals surface area contributed by atoms with Gasteiger partial charge in [-0.2, -0.15) is 0 Å². The molecule has 0 aromatic carbocycles. The van der Waals surface area contributed by atoms with E-state index in [1.165, 1.54) is 6.42 Å². The maximum absolute atomic E-state index is 5.90. The molecule has 14 heavy (non-hydrogen) atoms. The first-order valence-corrected chi connectivity index (χ1v) is 5.25. The Balaban J connectivity index is 2.49. The second-order valence-electron chi connectivity index (χ2n) is 4.43. The molecule has 1 unspecified atom stereocenters. The summed E-state index contributed by atoms with van der Waals surface area (Å²) in [4.78, 5) is 8.78. The molecule has 0 aromatic rings. The standard InChI is InChI=1S/C10H22N4/c1-8(2)12-10(11)14-6-5-9(7-14)13(3)4/h8-9H,5-7H2,1-4H3,(H2,11,12). The molecule has 0 spiro atoms. The first-order valence-electron chi connectivity index (χ1n) is 5.25. The third-order valence-corrected chi connectivity index (χ3v) is 2.61. The van der Waals surface area contributed by atoms with Crippen LogP contribution in [-0.2, 0) is 0 Å². The number of nitrogens with two attached hydrogens (primary N) is 1. The lowest BCUT2D eigenvalue weighted by Crippen LogP contribution is -2.39. The fraction of sp³-hybridized carbons (Fsp3) is 0.900. The van der Waals surface area contributed by atoms with Crippen molar-refractivity contribution in [1.29, 1.82) is 0 Å². The summed E-state index contributed by atoms with van der Waals surface area (Å²) in [5, 5.41) is 0. The Morgan fingerprint density at radius 2 is 2.14 bits per heavy atom. The fourth-order valence-corrected chi connectivity index (χ4v) is 1.72. The SMILES string of the molecule is CC(C)N=C(N)N1CCC(N(C)C)C1. The average Bonchev–Trinajstić information content (AvgIpc) is 2.50. The smallest absolute Gasteiger partial charge is 0.191 e. The van der Waals surface area contributed by atoms with Crippen LogP contribution in [0.1, 0.15) is 20.3 Å². The highest BCUT2D eigenvalue weighted by Crippen LogP contribution is 2.12. The van der Waals surface area contributed by atoms with Gasteiger partial charge >= 0.3 is 0 Å². The van der Waals surface area contributed by atoms with Crippen molar-refractivity contribution in [3.63, 3.8) is 0 Å². The number of nitrogens with zero attached hydrogens (tertiary/aromatic N) is 3. The molecule has 0 bridgehead atoms. The van der Waals surface area contributed by atoms with E-state index in [4.69, 9.17) is 5.73 Å². The van der Waals surface area contributed by atoms with Crippen molar-refractivity contribution in [1.82, 2.24) is 9.80 Å². The van der Waals surface area contributed by atoms with Crippen molar-refractivity contribution in [3.05, 3.63) is 0 Å². The van der Waals surface area contributed by atoms with Gasteiger partial charge in [0.15, 0.2) is 5.96 Å². The molecule has 0 radical (unpaired) electrons. The first-order chi connectivity index (χ1) is 6.50. The van der Waals surface area contributed by atoms with Crippen molar-refractivity contribution in [2.45, 2.75) is 32.4 Å². The molecule has 1 atom stereocenters. The van der Waals surface area contributed by atoms with Gasteiger partial charge in [-0.25, -0.2) is 0 Å². The van der Waals surface area contributed by atoms with Crippen LogP contribution in [0.15, 0.2) is 4.99 Å². The predicted octanol–water partition coefficient (Wildman–Crippen LogP) is 0.345. The highest BCUT2D eigenvalue weighted by molar-refractivity contribution is 5.78. The summed E-state index contributed by atoms with van der Waals surface area (Å²) in [5.74, 6) is 0.698. The number of guanidine groups is 1. The third-order valence-electron chi connectivity index (χ3n) is 2.61. The van der Waals surface area contributed by atoms with E-state index in [-0.39, 0.29) is 6.04 Å². The van der Waals surface area contributed by atoms with Gasteiger partial charge in [-0.15, -0.1) is 0 Å². The Hall–Kier alpha value is -0.770. The van der Waals surface area contributed by atoms with E-state index >= 15 is 0 Å². The van der Waals surface area contributed by atoms with E-state index in [1.54, 1.807) is 0 Å². The Labute approximate surface area is 86.8 Å². The number of rotatable bonds is 2. The highest BCUT2D eigenvalue weighted by Gasteiger charge is 2.24. The molecule has 1 heterocycles. The van der Waals surface area contributed by atoms with E-state index in [2.05, 4.69) is 28.9 Å². The summed E-state index contributed by atoms with van der Waals surface area (Å²) in [6, 6.07) is 0.907. The monoisotopic (exact) mass is 198 g/mol. The topological polar surface area (TPSA) is 44.9 Å². The Morgan fingerprint density at radius 3 is 2.57 bits per heavy atom. The lowest BCUT2D eigenvalue weighted by Gasteiger charge is -2.21. The van der Waals surface area contributed by atoms with Gasteiger partial charge in [0.1, 0.15) is 0 Å². The summed E-state index contributed by atoms with van der Waals surface area (Å²) in [6.07, 6.45) is 1.18. The predicted molar refractivity (Wildman–Crippen MR) is 60.4 cm³/mol. The second kappa shape index (κ2) is 4.64. The number of likely N-dealkylation sites (N-methyl/N-ethyl adjacent to an activating group) is 1. The molecule has 1 aliphatic rings. The molecule has 1 fully saturated rings. The maximum Gasteiger partial charge on any atom is 0.191 e. The number of hydrogen-bond donors (Lipinski definition) is 1.